The summed E-state index contributed by atoms with van der Waals surface area (Å²) in [5, 5.41) is 15.5. The molecule has 1 atom stereocenters. The second-order valence-electron chi connectivity index (χ2n) is 5.81. The van der Waals surface area contributed by atoms with Gasteiger partial charge in [0, 0.05) is 12.7 Å². The Bertz CT molecular complexity index is 689. The lowest BCUT2D eigenvalue weighted by atomic mass is 10.1. The molecule has 1 aromatic carbocycles. The minimum absolute atomic E-state index is 0.0584. The average Bonchev–Trinajstić information content (AvgIpc) is 2.52. The second-order valence-corrected chi connectivity index (χ2v) is 5.81. The minimum atomic E-state index is -0.822. The number of hydrogen-bond acceptors (Lipinski definition) is 4. The number of benzene rings is 1. The number of aryl methyl sites for hydroxylation is 1. The van der Waals surface area contributed by atoms with Crippen molar-refractivity contribution in [1.29, 1.82) is 0 Å². The van der Waals surface area contributed by atoms with E-state index < -0.39 is 12.1 Å². The quantitative estimate of drug-likeness (QED) is 0.760. The van der Waals surface area contributed by atoms with Crippen molar-refractivity contribution >= 4 is 11.8 Å². The van der Waals surface area contributed by atoms with Crippen LogP contribution in [-0.4, -0.2) is 28.8 Å². The molecular formula is C18H23N3O3. The summed E-state index contributed by atoms with van der Waals surface area (Å²) in [7, 11) is 0. The Balaban J connectivity index is 1.88. The number of rotatable bonds is 6. The lowest BCUT2D eigenvalue weighted by molar-refractivity contribution is 0.174. The molecule has 0 bridgehead atoms. The largest absolute Gasteiger partial charge is 0.491 e. The van der Waals surface area contributed by atoms with Crippen molar-refractivity contribution in [2.45, 2.75) is 33.0 Å². The van der Waals surface area contributed by atoms with Crippen LogP contribution >= 0.6 is 0 Å². The highest BCUT2D eigenvalue weighted by Gasteiger charge is 2.11. The van der Waals surface area contributed by atoms with E-state index in [9.17, 15) is 9.90 Å². The summed E-state index contributed by atoms with van der Waals surface area (Å²) in [4.78, 5) is 15.9. The van der Waals surface area contributed by atoms with Gasteiger partial charge in [0.05, 0.1) is 12.2 Å². The van der Waals surface area contributed by atoms with Gasteiger partial charge in [0.15, 0.2) is 0 Å². The van der Waals surface area contributed by atoms with Gasteiger partial charge in [-0.05, 0) is 56.2 Å². The first-order valence-electron chi connectivity index (χ1n) is 7.86. The number of pyridine rings is 1. The van der Waals surface area contributed by atoms with Crippen molar-refractivity contribution < 1.29 is 14.6 Å². The Morgan fingerprint density at radius 3 is 2.79 bits per heavy atom. The van der Waals surface area contributed by atoms with Crippen LogP contribution in [0.1, 0.15) is 31.1 Å². The molecule has 0 radical (unpaired) electrons. The average molecular weight is 329 g/mol. The number of nitrogens with one attached hydrogen (secondary N) is 2. The first-order valence-corrected chi connectivity index (χ1v) is 7.86. The van der Waals surface area contributed by atoms with Crippen LogP contribution in [0.3, 0.4) is 0 Å². The molecule has 3 N–H and O–H groups in total. The van der Waals surface area contributed by atoms with Crippen LogP contribution in [-0.2, 0) is 0 Å². The highest BCUT2D eigenvalue weighted by atomic mass is 16.5. The zero-order valence-electron chi connectivity index (χ0n) is 14.1. The Morgan fingerprint density at radius 2 is 2.08 bits per heavy atom. The van der Waals surface area contributed by atoms with Gasteiger partial charge in [-0.1, -0.05) is 12.1 Å². The summed E-state index contributed by atoms with van der Waals surface area (Å²) < 4.78 is 5.60. The van der Waals surface area contributed by atoms with Crippen LogP contribution in [0.4, 0.5) is 10.6 Å². The lowest BCUT2D eigenvalue weighted by Gasteiger charge is -2.15. The first kappa shape index (κ1) is 17.7. The number of urea groups is 1. The maximum absolute atomic E-state index is 11.9. The van der Waals surface area contributed by atoms with E-state index >= 15 is 0 Å². The van der Waals surface area contributed by atoms with Crippen LogP contribution in [0.5, 0.6) is 5.75 Å². The molecule has 0 fully saturated rings. The molecule has 2 amide bonds. The number of hydrogen-bond donors (Lipinski definition) is 3. The van der Waals surface area contributed by atoms with Crippen molar-refractivity contribution in [3.05, 3.63) is 53.7 Å². The molecular weight excluding hydrogens is 306 g/mol. The highest BCUT2D eigenvalue weighted by molar-refractivity contribution is 5.88. The fourth-order valence-electron chi connectivity index (χ4n) is 2.14. The van der Waals surface area contributed by atoms with E-state index in [1.54, 1.807) is 24.4 Å². The Morgan fingerprint density at radius 1 is 1.29 bits per heavy atom. The van der Waals surface area contributed by atoms with Gasteiger partial charge in [0.2, 0.25) is 0 Å². The SMILES string of the molecule is Cc1ccnc(NC(=O)NC[C@H](O)c2cccc(OC(C)C)c2)c1. The summed E-state index contributed by atoms with van der Waals surface area (Å²) in [6.07, 6.45) is 0.861. The molecule has 6 nitrogen and oxygen atoms in total. The number of ether oxygens (including phenoxy) is 1. The number of aliphatic hydroxyl groups excluding tert-OH is 1. The van der Waals surface area contributed by atoms with Crippen molar-refractivity contribution in [1.82, 2.24) is 10.3 Å². The summed E-state index contributed by atoms with van der Waals surface area (Å²) in [5.41, 5.74) is 1.68. The van der Waals surface area contributed by atoms with E-state index in [4.69, 9.17) is 4.74 Å². The smallest absolute Gasteiger partial charge is 0.320 e. The van der Waals surface area contributed by atoms with Gasteiger partial charge in [-0.2, -0.15) is 0 Å². The van der Waals surface area contributed by atoms with E-state index in [0.29, 0.717) is 17.1 Å². The molecule has 0 aliphatic heterocycles. The number of aliphatic hydroxyl groups is 1. The lowest BCUT2D eigenvalue weighted by Crippen LogP contribution is -2.32. The number of amides is 2. The van der Waals surface area contributed by atoms with Gasteiger partial charge in [0.1, 0.15) is 11.6 Å². The van der Waals surface area contributed by atoms with Crippen LogP contribution < -0.4 is 15.4 Å². The van der Waals surface area contributed by atoms with E-state index in [-0.39, 0.29) is 12.6 Å². The molecule has 24 heavy (non-hydrogen) atoms. The molecule has 1 heterocycles. The standard InChI is InChI=1S/C18H23N3O3/c1-12(2)24-15-6-4-5-14(10-15)16(22)11-20-18(23)21-17-9-13(3)7-8-19-17/h4-10,12,16,22H,11H2,1-3H3,(H2,19,20,21,23)/t16-/m0/s1. The fourth-order valence-corrected chi connectivity index (χ4v) is 2.14. The van der Waals surface area contributed by atoms with Crippen LogP contribution in [0, 0.1) is 6.92 Å². The van der Waals surface area contributed by atoms with Crippen LogP contribution in [0.15, 0.2) is 42.6 Å². The molecule has 6 heteroatoms. The molecule has 0 unspecified atom stereocenters. The second kappa shape index (κ2) is 8.31. The van der Waals surface area contributed by atoms with Gasteiger partial charge in [-0.25, -0.2) is 9.78 Å². The third kappa shape index (κ3) is 5.55. The van der Waals surface area contributed by atoms with Gasteiger partial charge in [-0.3, -0.25) is 5.32 Å². The maximum atomic E-state index is 11.9. The molecule has 2 aromatic rings. The van der Waals surface area contributed by atoms with E-state index in [2.05, 4.69) is 15.6 Å². The number of aromatic nitrogens is 1. The normalized spacial score (nSPS) is 11.9. The Kier molecular flexibility index (Phi) is 6.14. The molecule has 1 aromatic heterocycles. The Hall–Kier alpha value is -2.60. The van der Waals surface area contributed by atoms with Crippen LogP contribution in [0.2, 0.25) is 0 Å². The summed E-state index contributed by atoms with van der Waals surface area (Å²) in [5.74, 6) is 1.16. The van der Waals surface area contributed by atoms with Gasteiger partial charge in [0.25, 0.3) is 0 Å². The number of anilines is 1. The fraction of sp³-hybridized carbons (Fsp3) is 0.333. The summed E-state index contributed by atoms with van der Waals surface area (Å²) in [6.45, 7) is 5.88. The molecule has 0 aliphatic carbocycles. The van der Waals surface area contributed by atoms with Crippen molar-refractivity contribution in [2.24, 2.45) is 0 Å². The predicted octanol–water partition coefficient (Wildman–Crippen LogP) is 3.03. The molecule has 0 spiro atoms. The van der Waals surface area contributed by atoms with Crippen molar-refractivity contribution in [3.8, 4) is 5.75 Å². The minimum Gasteiger partial charge on any atom is -0.491 e. The van der Waals surface area contributed by atoms with Crippen LogP contribution in [0.25, 0.3) is 0 Å². The number of nitrogens with zero attached hydrogens (tertiary/aromatic N) is 1. The zero-order chi connectivity index (χ0) is 17.5. The van der Waals surface area contributed by atoms with E-state index in [0.717, 1.165) is 5.56 Å². The van der Waals surface area contributed by atoms with E-state index in [1.807, 2.05) is 39.0 Å². The number of carbonyl (C=O) groups excluding carboxylic acids is 1. The van der Waals surface area contributed by atoms with Gasteiger partial charge >= 0.3 is 6.03 Å². The summed E-state index contributed by atoms with van der Waals surface area (Å²) >= 11 is 0. The first-order chi connectivity index (χ1) is 11.4. The van der Waals surface area contributed by atoms with Gasteiger partial charge < -0.3 is 15.2 Å². The highest BCUT2D eigenvalue weighted by Crippen LogP contribution is 2.20. The van der Waals surface area contributed by atoms with Crippen molar-refractivity contribution in [3.63, 3.8) is 0 Å². The maximum Gasteiger partial charge on any atom is 0.320 e. The monoisotopic (exact) mass is 329 g/mol. The topological polar surface area (TPSA) is 83.5 Å². The molecule has 128 valence electrons. The van der Waals surface area contributed by atoms with Crippen molar-refractivity contribution in [2.75, 3.05) is 11.9 Å². The van der Waals surface area contributed by atoms with Gasteiger partial charge in [-0.15, -0.1) is 0 Å². The summed E-state index contributed by atoms with van der Waals surface area (Å²) in [6, 6.07) is 10.4. The Labute approximate surface area is 141 Å². The molecule has 0 saturated carbocycles. The molecule has 2 rings (SSSR count). The molecule has 0 saturated heterocycles. The van der Waals surface area contributed by atoms with E-state index in [1.165, 1.54) is 0 Å². The zero-order valence-corrected chi connectivity index (χ0v) is 14.1. The third-order valence-corrected chi connectivity index (χ3v) is 3.23. The third-order valence-electron chi connectivity index (χ3n) is 3.23. The number of carbonyl (C=O) groups is 1. The predicted molar refractivity (Wildman–Crippen MR) is 93.2 cm³/mol. The molecule has 0 aliphatic rings.